The van der Waals surface area contributed by atoms with Crippen LogP contribution in [0.2, 0.25) is 5.15 Å². The molecule has 17 heavy (non-hydrogen) atoms. The second kappa shape index (κ2) is 6.77. The zero-order chi connectivity index (χ0) is 12.8. The van der Waals surface area contributed by atoms with E-state index in [2.05, 4.69) is 15.3 Å². The van der Waals surface area contributed by atoms with Crippen LogP contribution < -0.4 is 5.32 Å². The lowest BCUT2D eigenvalue weighted by Gasteiger charge is -2.16. The van der Waals surface area contributed by atoms with Gasteiger partial charge >= 0.3 is 0 Å². The molecule has 0 radical (unpaired) electrons. The van der Waals surface area contributed by atoms with Gasteiger partial charge in [-0.3, -0.25) is 0 Å². The lowest BCUT2D eigenvalue weighted by molar-refractivity contribution is 0.176. The average Bonchev–Trinajstić information content (AvgIpc) is 2.26. The molecular formula is C12H20ClN3O. The minimum atomic E-state index is -0.353. The van der Waals surface area contributed by atoms with Crippen LogP contribution in [-0.2, 0) is 0 Å². The average molecular weight is 258 g/mol. The lowest BCUT2D eigenvalue weighted by atomic mass is 10.1. The number of aliphatic hydroxyl groups is 1. The quantitative estimate of drug-likeness (QED) is 0.770. The Labute approximate surface area is 107 Å². The number of nitrogens with one attached hydrogen (secondary N) is 1. The van der Waals surface area contributed by atoms with E-state index in [9.17, 15) is 5.11 Å². The zero-order valence-corrected chi connectivity index (χ0v) is 11.3. The first kappa shape index (κ1) is 14.2. The third kappa shape index (κ3) is 4.13. The van der Waals surface area contributed by atoms with Crippen LogP contribution in [0.4, 0.5) is 5.82 Å². The molecule has 1 atom stereocenters. The molecule has 0 fully saturated rings. The molecular weight excluding hydrogens is 238 g/mol. The number of nitrogens with zero attached hydrogens (tertiary/aromatic N) is 2. The predicted octanol–water partition coefficient (Wildman–Crippen LogP) is 2.83. The van der Waals surface area contributed by atoms with Gasteiger partial charge in [-0.2, -0.15) is 0 Å². The zero-order valence-electron chi connectivity index (χ0n) is 10.6. The van der Waals surface area contributed by atoms with E-state index in [0.717, 1.165) is 24.2 Å². The molecule has 1 aromatic rings. The summed E-state index contributed by atoms with van der Waals surface area (Å²) in [6, 6.07) is 0. The molecule has 1 unspecified atom stereocenters. The molecule has 1 heterocycles. The Bertz CT molecular complexity index is 358. The summed E-state index contributed by atoms with van der Waals surface area (Å²) >= 11 is 6.05. The largest absolute Gasteiger partial charge is 0.391 e. The number of hydrogen-bond donors (Lipinski definition) is 2. The van der Waals surface area contributed by atoms with Crippen molar-refractivity contribution >= 4 is 17.4 Å². The molecule has 0 bridgehead atoms. The van der Waals surface area contributed by atoms with Gasteiger partial charge in [-0.25, -0.2) is 9.97 Å². The first-order valence-electron chi connectivity index (χ1n) is 5.98. The molecule has 0 aliphatic heterocycles. The summed E-state index contributed by atoms with van der Waals surface area (Å²) in [5.74, 6) is 0.963. The molecule has 96 valence electrons. The summed E-state index contributed by atoms with van der Waals surface area (Å²) in [5, 5.41) is 13.3. The normalized spacial score (nSPS) is 12.8. The molecule has 0 saturated carbocycles. The van der Waals surface area contributed by atoms with E-state index in [1.54, 1.807) is 0 Å². The van der Waals surface area contributed by atoms with Crippen LogP contribution in [0, 0.1) is 0 Å². The van der Waals surface area contributed by atoms with Crippen molar-refractivity contribution in [2.75, 3.05) is 11.9 Å². The van der Waals surface area contributed by atoms with Gasteiger partial charge < -0.3 is 10.4 Å². The smallest absolute Gasteiger partial charge is 0.138 e. The molecule has 0 spiro atoms. The molecule has 4 nitrogen and oxygen atoms in total. The first-order valence-corrected chi connectivity index (χ1v) is 6.36. The van der Waals surface area contributed by atoms with E-state index in [0.29, 0.717) is 11.7 Å². The van der Waals surface area contributed by atoms with Crippen LogP contribution in [-0.4, -0.2) is 27.7 Å². The molecule has 1 aromatic heterocycles. The number of halogens is 1. The summed E-state index contributed by atoms with van der Waals surface area (Å²) in [7, 11) is 0. The fraction of sp³-hybridized carbons (Fsp3) is 0.667. The molecule has 0 aliphatic carbocycles. The van der Waals surface area contributed by atoms with Crippen molar-refractivity contribution < 1.29 is 5.11 Å². The minimum Gasteiger partial charge on any atom is -0.391 e. The van der Waals surface area contributed by atoms with Crippen molar-refractivity contribution in [1.29, 1.82) is 0 Å². The van der Waals surface area contributed by atoms with E-state index in [-0.39, 0.29) is 12.0 Å². The van der Waals surface area contributed by atoms with Gasteiger partial charge in [0.25, 0.3) is 0 Å². The molecule has 2 N–H and O–H groups in total. The van der Waals surface area contributed by atoms with Crippen LogP contribution in [0.25, 0.3) is 0 Å². The fourth-order valence-electron chi connectivity index (χ4n) is 1.68. The number of hydrogen-bond acceptors (Lipinski definition) is 4. The van der Waals surface area contributed by atoms with Crippen LogP contribution in [0.3, 0.4) is 0 Å². The van der Waals surface area contributed by atoms with Gasteiger partial charge in [0.15, 0.2) is 0 Å². The second-order valence-corrected chi connectivity index (χ2v) is 4.76. The van der Waals surface area contributed by atoms with Crippen molar-refractivity contribution in [1.82, 2.24) is 9.97 Å². The van der Waals surface area contributed by atoms with Gasteiger partial charge in [-0.05, 0) is 12.3 Å². The molecule has 1 rings (SSSR count). The van der Waals surface area contributed by atoms with Crippen LogP contribution >= 0.6 is 11.6 Å². The van der Waals surface area contributed by atoms with Gasteiger partial charge in [-0.1, -0.05) is 38.8 Å². The van der Waals surface area contributed by atoms with E-state index in [1.165, 1.54) is 6.33 Å². The third-order valence-corrected chi connectivity index (χ3v) is 2.84. The van der Waals surface area contributed by atoms with Crippen molar-refractivity contribution in [3.05, 3.63) is 17.0 Å². The Morgan fingerprint density at radius 1 is 1.41 bits per heavy atom. The number of anilines is 1. The lowest BCUT2D eigenvalue weighted by Crippen LogP contribution is -2.20. The van der Waals surface area contributed by atoms with E-state index < -0.39 is 0 Å². The number of aromatic nitrogens is 2. The highest BCUT2D eigenvalue weighted by Crippen LogP contribution is 2.27. The van der Waals surface area contributed by atoms with Crippen molar-refractivity contribution in [3.8, 4) is 0 Å². The van der Waals surface area contributed by atoms with Crippen molar-refractivity contribution in [3.63, 3.8) is 0 Å². The van der Waals surface area contributed by atoms with E-state index in [1.807, 2.05) is 20.8 Å². The Morgan fingerprint density at radius 3 is 2.71 bits per heavy atom. The molecule has 0 saturated heterocycles. The standard InChI is InChI=1S/C12H20ClN3O/c1-4-5-9(17)6-14-12-10(8(2)3)11(13)15-7-16-12/h7-9,17H,4-6H2,1-3H3,(H,14,15,16). The molecule has 0 aromatic carbocycles. The minimum absolute atomic E-state index is 0.245. The maximum absolute atomic E-state index is 9.67. The molecule has 0 aliphatic rings. The van der Waals surface area contributed by atoms with Gasteiger partial charge in [-0.15, -0.1) is 0 Å². The monoisotopic (exact) mass is 257 g/mol. The van der Waals surface area contributed by atoms with Gasteiger partial charge in [0.2, 0.25) is 0 Å². The number of rotatable bonds is 6. The van der Waals surface area contributed by atoms with Gasteiger partial charge in [0.05, 0.1) is 6.10 Å². The van der Waals surface area contributed by atoms with E-state index >= 15 is 0 Å². The Morgan fingerprint density at radius 2 is 2.12 bits per heavy atom. The van der Waals surface area contributed by atoms with Gasteiger partial charge in [0, 0.05) is 12.1 Å². The summed E-state index contributed by atoms with van der Waals surface area (Å²) in [6.45, 7) is 6.61. The predicted molar refractivity (Wildman–Crippen MR) is 70.5 cm³/mol. The summed E-state index contributed by atoms with van der Waals surface area (Å²) < 4.78 is 0. The van der Waals surface area contributed by atoms with Crippen molar-refractivity contribution in [2.45, 2.75) is 45.6 Å². The highest BCUT2D eigenvalue weighted by atomic mass is 35.5. The SMILES string of the molecule is CCCC(O)CNc1ncnc(Cl)c1C(C)C. The Hall–Kier alpha value is -0.870. The van der Waals surface area contributed by atoms with Crippen LogP contribution in [0.5, 0.6) is 0 Å². The van der Waals surface area contributed by atoms with Crippen molar-refractivity contribution in [2.24, 2.45) is 0 Å². The Kier molecular flexibility index (Phi) is 5.65. The Balaban J connectivity index is 2.73. The summed E-state index contributed by atoms with van der Waals surface area (Å²) in [5.41, 5.74) is 0.901. The maximum Gasteiger partial charge on any atom is 0.138 e. The summed E-state index contributed by atoms with van der Waals surface area (Å²) in [4.78, 5) is 8.15. The molecule has 5 heteroatoms. The van der Waals surface area contributed by atoms with E-state index in [4.69, 9.17) is 11.6 Å². The highest BCUT2D eigenvalue weighted by molar-refractivity contribution is 6.30. The van der Waals surface area contributed by atoms with Crippen LogP contribution in [0.1, 0.15) is 45.1 Å². The van der Waals surface area contributed by atoms with Gasteiger partial charge in [0.1, 0.15) is 17.3 Å². The second-order valence-electron chi connectivity index (χ2n) is 4.40. The fourth-order valence-corrected chi connectivity index (χ4v) is 2.03. The molecule has 0 amide bonds. The first-order chi connectivity index (χ1) is 8.06. The topological polar surface area (TPSA) is 58.0 Å². The highest BCUT2D eigenvalue weighted by Gasteiger charge is 2.14. The number of aliphatic hydroxyl groups excluding tert-OH is 1. The van der Waals surface area contributed by atoms with Crippen LogP contribution in [0.15, 0.2) is 6.33 Å². The third-order valence-electron chi connectivity index (χ3n) is 2.54. The maximum atomic E-state index is 9.67. The summed E-state index contributed by atoms with van der Waals surface area (Å²) in [6.07, 6.45) is 2.82.